The summed E-state index contributed by atoms with van der Waals surface area (Å²) in [5.74, 6) is -1.70. The first-order valence-electron chi connectivity index (χ1n) is 6.54. The van der Waals surface area contributed by atoms with Crippen LogP contribution < -0.4 is 11.1 Å². The highest BCUT2D eigenvalue weighted by atomic mass is 35.5. The van der Waals surface area contributed by atoms with Crippen LogP contribution in [0.15, 0.2) is 18.2 Å². The number of rotatable bonds is 8. The van der Waals surface area contributed by atoms with Gasteiger partial charge in [-0.05, 0) is 49.9 Å². The van der Waals surface area contributed by atoms with E-state index in [0.29, 0.717) is 37.9 Å². The molecule has 1 aromatic carbocycles. The molecule has 0 aliphatic heterocycles. The topological polar surface area (TPSA) is 55.1 Å². The average Bonchev–Trinajstić information content (AvgIpc) is 2.39. The number of nitrogens with one attached hydrogen (secondary N) is 1. The minimum atomic E-state index is -0.846. The van der Waals surface area contributed by atoms with Crippen molar-refractivity contribution in [3.8, 4) is 0 Å². The monoisotopic (exact) mass is 306 g/mol. The Morgan fingerprint density at radius 3 is 2.55 bits per heavy atom. The van der Waals surface area contributed by atoms with Crippen LogP contribution in [0.3, 0.4) is 0 Å². The lowest BCUT2D eigenvalue weighted by molar-refractivity contribution is -0.121. The molecule has 0 aliphatic carbocycles. The van der Waals surface area contributed by atoms with Gasteiger partial charge in [-0.1, -0.05) is 6.07 Å². The van der Waals surface area contributed by atoms with Gasteiger partial charge in [-0.2, -0.15) is 0 Å². The number of hydrogen-bond donors (Lipinski definition) is 2. The van der Waals surface area contributed by atoms with Gasteiger partial charge in [-0.25, -0.2) is 8.78 Å². The van der Waals surface area contributed by atoms with Gasteiger partial charge in [0.2, 0.25) is 5.91 Å². The van der Waals surface area contributed by atoms with Crippen LogP contribution in [-0.4, -0.2) is 19.0 Å². The molecular formula is C14H21ClF2N2O. The van der Waals surface area contributed by atoms with E-state index in [9.17, 15) is 13.6 Å². The molecule has 3 N–H and O–H groups in total. The van der Waals surface area contributed by atoms with Crippen LogP contribution >= 0.6 is 12.4 Å². The van der Waals surface area contributed by atoms with Gasteiger partial charge in [0.05, 0.1) is 0 Å². The fourth-order valence-electron chi connectivity index (χ4n) is 1.73. The number of nitrogens with two attached hydrogens (primary N) is 1. The van der Waals surface area contributed by atoms with E-state index in [1.807, 2.05) is 0 Å². The van der Waals surface area contributed by atoms with Gasteiger partial charge >= 0.3 is 0 Å². The molecule has 0 fully saturated rings. The van der Waals surface area contributed by atoms with Crippen molar-refractivity contribution >= 4 is 18.3 Å². The molecule has 0 bridgehead atoms. The summed E-state index contributed by atoms with van der Waals surface area (Å²) in [6.07, 6.45) is 3.35. The molecule has 0 aliphatic rings. The number of hydrogen-bond acceptors (Lipinski definition) is 2. The number of amides is 1. The predicted molar refractivity (Wildman–Crippen MR) is 77.8 cm³/mol. The van der Waals surface area contributed by atoms with E-state index >= 15 is 0 Å². The van der Waals surface area contributed by atoms with E-state index in [2.05, 4.69) is 5.32 Å². The average molecular weight is 307 g/mol. The summed E-state index contributed by atoms with van der Waals surface area (Å²) in [6, 6.07) is 3.82. The first-order chi connectivity index (χ1) is 9.13. The molecule has 0 atom stereocenters. The van der Waals surface area contributed by atoms with E-state index in [0.717, 1.165) is 18.9 Å². The highest BCUT2D eigenvalue weighted by Crippen LogP contribution is 2.11. The first-order valence-corrected chi connectivity index (χ1v) is 6.54. The Balaban J connectivity index is 0.00000361. The number of unbranched alkanes of at least 4 members (excludes halogenated alkanes) is 1. The summed E-state index contributed by atoms with van der Waals surface area (Å²) in [5.41, 5.74) is 6.05. The van der Waals surface area contributed by atoms with Crippen LogP contribution in [0.5, 0.6) is 0 Å². The fraction of sp³-hybridized carbons (Fsp3) is 0.500. The summed E-state index contributed by atoms with van der Waals surface area (Å²) in [5, 5.41) is 2.80. The summed E-state index contributed by atoms with van der Waals surface area (Å²) < 4.78 is 25.6. The van der Waals surface area contributed by atoms with Crippen molar-refractivity contribution in [3.63, 3.8) is 0 Å². The Labute approximate surface area is 124 Å². The maximum absolute atomic E-state index is 12.9. The van der Waals surface area contributed by atoms with Crippen molar-refractivity contribution < 1.29 is 13.6 Å². The third-order valence-electron chi connectivity index (χ3n) is 2.81. The summed E-state index contributed by atoms with van der Waals surface area (Å²) in [4.78, 5) is 11.4. The maximum atomic E-state index is 12.9. The molecule has 6 heteroatoms. The van der Waals surface area contributed by atoms with Crippen molar-refractivity contribution in [2.45, 2.75) is 32.1 Å². The van der Waals surface area contributed by atoms with Gasteiger partial charge in [-0.15, -0.1) is 12.4 Å². The molecule has 0 unspecified atom stereocenters. The van der Waals surface area contributed by atoms with Crippen molar-refractivity contribution in [1.29, 1.82) is 0 Å². The predicted octanol–water partition coefficient (Wildman–Crippen LogP) is 2.56. The maximum Gasteiger partial charge on any atom is 0.220 e. The van der Waals surface area contributed by atoms with Crippen molar-refractivity contribution in [3.05, 3.63) is 35.4 Å². The molecular weight excluding hydrogens is 286 g/mol. The van der Waals surface area contributed by atoms with Crippen LogP contribution in [0.2, 0.25) is 0 Å². The van der Waals surface area contributed by atoms with Crippen molar-refractivity contribution in [2.75, 3.05) is 13.1 Å². The summed E-state index contributed by atoms with van der Waals surface area (Å²) in [7, 11) is 0. The zero-order valence-electron chi connectivity index (χ0n) is 11.3. The molecule has 114 valence electrons. The Bertz CT molecular complexity index is 416. The van der Waals surface area contributed by atoms with Crippen LogP contribution in [0, 0.1) is 11.6 Å². The highest BCUT2D eigenvalue weighted by Gasteiger charge is 2.04. The van der Waals surface area contributed by atoms with Crippen LogP contribution in [-0.2, 0) is 11.2 Å². The van der Waals surface area contributed by atoms with Crippen molar-refractivity contribution in [1.82, 2.24) is 5.32 Å². The number of carbonyl (C=O) groups excluding carboxylic acids is 1. The molecule has 0 spiro atoms. The Kier molecular flexibility index (Phi) is 9.94. The standard InChI is InChI=1S/C14H20F2N2O.ClH/c15-12-7-6-11(10-13(12)16)4-3-5-14(19)18-9-2-1-8-17;/h6-7,10H,1-5,8-9,17H2,(H,18,19);1H. The molecule has 20 heavy (non-hydrogen) atoms. The third kappa shape index (κ3) is 7.40. The number of benzene rings is 1. The van der Waals surface area contributed by atoms with Crippen LogP contribution in [0.1, 0.15) is 31.2 Å². The second-order valence-electron chi connectivity index (χ2n) is 4.45. The SMILES string of the molecule is Cl.NCCCCNC(=O)CCCc1ccc(F)c(F)c1. The molecule has 1 rings (SSSR count). The Hall–Kier alpha value is -1.20. The molecule has 0 radical (unpaired) electrons. The lowest BCUT2D eigenvalue weighted by Crippen LogP contribution is -2.24. The zero-order chi connectivity index (χ0) is 14.1. The smallest absolute Gasteiger partial charge is 0.220 e. The van der Waals surface area contributed by atoms with Gasteiger partial charge in [-0.3, -0.25) is 4.79 Å². The molecule has 3 nitrogen and oxygen atoms in total. The zero-order valence-corrected chi connectivity index (χ0v) is 12.1. The van der Waals surface area contributed by atoms with Gasteiger partial charge in [0, 0.05) is 13.0 Å². The number of halogens is 3. The van der Waals surface area contributed by atoms with E-state index in [1.165, 1.54) is 12.1 Å². The van der Waals surface area contributed by atoms with Gasteiger partial charge in [0.25, 0.3) is 0 Å². The minimum absolute atomic E-state index is 0. The van der Waals surface area contributed by atoms with Gasteiger partial charge in [0.1, 0.15) is 0 Å². The lowest BCUT2D eigenvalue weighted by Gasteiger charge is -2.05. The first kappa shape index (κ1) is 18.8. The number of carbonyl (C=O) groups is 1. The third-order valence-corrected chi connectivity index (χ3v) is 2.81. The largest absolute Gasteiger partial charge is 0.356 e. The molecule has 1 aromatic rings. The second-order valence-corrected chi connectivity index (χ2v) is 4.45. The van der Waals surface area contributed by atoms with Gasteiger partial charge in [0.15, 0.2) is 11.6 Å². The molecule has 0 aromatic heterocycles. The quantitative estimate of drug-likeness (QED) is 0.725. The van der Waals surface area contributed by atoms with Crippen LogP contribution in [0.4, 0.5) is 8.78 Å². The highest BCUT2D eigenvalue weighted by molar-refractivity contribution is 5.85. The Morgan fingerprint density at radius 2 is 1.90 bits per heavy atom. The summed E-state index contributed by atoms with van der Waals surface area (Å²) >= 11 is 0. The van der Waals surface area contributed by atoms with E-state index in [4.69, 9.17) is 5.73 Å². The van der Waals surface area contributed by atoms with E-state index < -0.39 is 11.6 Å². The van der Waals surface area contributed by atoms with E-state index in [1.54, 1.807) is 0 Å². The minimum Gasteiger partial charge on any atom is -0.356 e. The molecule has 0 saturated heterocycles. The second kappa shape index (κ2) is 10.6. The Morgan fingerprint density at radius 1 is 1.15 bits per heavy atom. The fourth-order valence-corrected chi connectivity index (χ4v) is 1.73. The van der Waals surface area contributed by atoms with E-state index in [-0.39, 0.29) is 18.3 Å². The summed E-state index contributed by atoms with van der Waals surface area (Å²) in [6.45, 7) is 1.27. The molecule has 0 heterocycles. The normalized spacial score (nSPS) is 9.95. The van der Waals surface area contributed by atoms with Gasteiger partial charge < -0.3 is 11.1 Å². The molecule has 1 amide bonds. The molecule has 0 saturated carbocycles. The van der Waals surface area contributed by atoms with Crippen molar-refractivity contribution in [2.24, 2.45) is 5.73 Å². The lowest BCUT2D eigenvalue weighted by atomic mass is 10.1. The van der Waals surface area contributed by atoms with Crippen LogP contribution in [0.25, 0.3) is 0 Å². The number of aryl methyl sites for hydroxylation is 1.